The first-order valence-corrected chi connectivity index (χ1v) is 9.54. The van der Waals surface area contributed by atoms with E-state index in [0.29, 0.717) is 18.9 Å². The Hall–Kier alpha value is -2.45. The minimum absolute atomic E-state index is 0.137. The predicted molar refractivity (Wildman–Crippen MR) is 94.7 cm³/mol. The molecular formula is C16H19N5O2S. The van der Waals surface area contributed by atoms with E-state index >= 15 is 0 Å². The summed E-state index contributed by atoms with van der Waals surface area (Å²) in [6, 6.07) is 7.82. The molecule has 3 N–H and O–H groups in total. The van der Waals surface area contributed by atoms with Crippen molar-refractivity contribution >= 4 is 26.6 Å². The van der Waals surface area contributed by atoms with Gasteiger partial charge in [-0.25, -0.2) is 18.4 Å². The lowest BCUT2D eigenvalue weighted by Crippen LogP contribution is -2.21. The lowest BCUT2D eigenvalue weighted by molar-refractivity contribution is 0.596. The number of rotatable bonds is 6. The van der Waals surface area contributed by atoms with Gasteiger partial charge in [0.15, 0.2) is 0 Å². The molecule has 0 spiro atoms. The number of nitrogens with one attached hydrogen (secondary N) is 1. The molecule has 0 saturated heterocycles. The molecule has 0 aliphatic rings. The Morgan fingerprint density at radius 2 is 2.08 bits per heavy atom. The van der Waals surface area contributed by atoms with Gasteiger partial charge in [-0.1, -0.05) is 0 Å². The van der Waals surface area contributed by atoms with E-state index in [-0.39, 0.29) is 5.75 Å². The zero-order valence-electron chi connectivity index (χ0n) is 13.3. The maximum absolute atomic E-state index is 11.1. The maximum Gasteiger partial charge on any atom is 0.148 e. The van der Waals surface area contributed by atoms with Crippen LogP contribution in [0.5, 0.6) is 0 Å². The molecule has 8 heteroatoms. The van der Waals surface area contributed by atoms with Gasteiger partial charge < -0.3 is 15.6 Å². The summed E-state index contributed by atoms with van der Waals surface area (Å²) in [7, 11) is -2.93. The van der Waals surface area contributed by atoms with Gasteiger partial charge in [-0.15, -0.1) is 0 Å². The molecule has 1 aromatic carbocycles. The van der Waals surface area contributed by atoms with Crippen molar-refractivity contribution in [2.24, 2.45) is 0 Å². The molecule has 126 valence electrons. The monoisotopic (exact) mass is 345 g/mol. The fourth-order valence-corrected chi connectivity index (χ4v) is 2.94. The van der Waals surface area contributed by atoms with Gasteiger partial charge in [0.2, 0.25) is 0 Å². The summed E-state index contributed by atoms with van der Waals surface area (Å²) in [5.74, 6) is 0.592. The average molecular weight is 345 g/mol. The molecule has 0 atom stereocenters. The number of aromatic nitrogens is 3. The number of fused-ring (bicyclic) bond motifs is 1. The van der Waals surface area contributed by atoms with Crippen molar-refractivity contribution in [2.45, 2.75) is 6.54 Å². The predicted octanol–water partition coefficient (Wildman–Crippen LogP) is 1.14. The zero-order valence-corrected chi connectivity index (χ0v) is 14.1. The van der Waals surface area contributed by atoms with Gasteiger partial charge in [-0.05, 0) is 29.8 Å². The molecule has 0 bridgehead atoms. The second kappa shape index (κ2) is 6.58. The Bertz CT molecular complexity index is 966. The molecule has 7 nitrogen and oxygen atoms in total. The van der Waals surface area contributed by atoms with Crippen molar-refractivity contribution in [1.82, 2.24) is 19.9 Å². The highest BCUT2D eigenvalue weighted by molar-refractivity contribution is 7.90. The minimum Gasteiger partial charge on any atom is -0.383 e. The van der Waals surface area contributed by atoms with E-state index in [9.17, 15) is 8.42 Å². The first-order valence-electron chi connectivity index (χ1n) is 7.48. The Labute approximate surface area is 140 Å². The third kappa shape index (κ3) is 3.90. The van der Waals surface area contributed by atoms with Crippen LogP contribution in [0.3, 0.4) is 0 Å². The summed E-state index contributed by atoms with van der Waals surface area (Å²) < 4.78 is 24.2. The molecule has 0 saturated carbocycles. The summed E-state index contributed by atoms with van der Waals surface area (Å²) >= 11 is 0. The van der Waals surface area contributed by atoms with Gasteiger partial charge in [-0.3, -0.25) is 0 Å². The first-order chi connectivity index (χ1) is 11.4. The molecule has 24 heavy (non-hydrogen) atoms. The Kier molecular flexibility index (Phi) is 4.50. The molecule has 2 aromatic heterocycles. The van der Waals surface area contributed by atoms with Crippen molar-refractivity contribution in [1.29, 1.82) is 0 Å². The van der Waals surface area contributed by atoms with Crippen molar-refractivity contribution in [3.05, 3.63) is 48.5 Å². The number of benzene rings is 1. The van der Waals surface area contributed by atoms with Gasteiger partial charge in [0.05, 0.1) is 11.3 Å². The van der Waals surface area contributed by atoms with Crippen LogP contribution in [0, 0.1) is 0 Å². The van der Waals surface area contributed by atoms with Crippen LogP contribution in [0.1, 0.15) is 5.56 Å². The fraction of sp³-hybridized carbons (Fsp3) is 0.250. The number of sulfone groups is 1. The largest absolute Gasteiger partial charge is 0.383 e. The van der Waals surface area contributed by atoms with Gasteiger partial charge in [0, 0.05) is 42.8 Å². The molecule has 0 amide bonds. The van der Waals surface area contributed by atoms with Gasteiger partial charge >= 0.3 is 0 Å². The van der Waals surface area contributed by atoms with Crippen LogP contribution < -0.4 is 11.1 Å². The summed E-state index contributed by atoms with van der Waals surface area (Å²) in [6.07, 6.45) is 6.64. The minimum atomic E-state index is -2.93. The smallest absolute Gasteiger partial charge is 0.148 e. The van der Waals surface area contributed by atoms with Crippen LogP contribution in [0.4, 0.5) is 5.82 Å². The number of nitrogen functional groups attached to an aromatic ring is 1. The summed E-state index contributed by atoms with van der Waals surface area (Å²) in [6.45, 7) is 1.05. The molecule has 0 radical (unpaired) electrons. The van der Waals surface area contributed by atoms with Crippen LogP contribution in [-0.4, -0.2) is 41.5 Å². The van der Waals surface area contributed by atoms with Gasteiger partial charge in [0.1, 0.15) is 22.0 Å². The van der Waals surface area contributed by atoms with Crippen LogP contribution >= 0.6 is 0 Å². The Morgan fingerprint density at radius 3 is 2.88 bits per heavy atom. The molecule has 2 heterocycles. The standard InChI is InChI=1S/C16H19N5O2S/c1-24(22,23)7-5-18-9-12-4-6-21(10-12)13-2-3-15-14(8-13)16(17)20-11-19-15/h2-4,6,8,10-11,18H,5,7,9H2,1H3,(H2,17,19,20). The third-order valence-electron chi connectivity index (χ3n) is 3.68. The topological polar surface area (TPSA) is 103 Å². The third-order valence-corrected chi connectivity index (χ3v) is 4.63. The van der Waals surface area contributed by atoms with Crippen LogP contribution in [0.15, 0.2) is 43.0 Å². The maximum atomic E-state index is 11.1. The fourth-order valence-electron chi connectivity index (χ4n) is 2.42. The normalized spacial score (nSPS) is 11.9. The molecule has 3 rings (SSSR count). The molecule has 0 aliphatic carbocycles. The Morgan fingerprint density at radius 1 is 1.25 bits per heavy atom. The second-order valence-corrected chi connectivity index (χ2v) is 7.95. The van der Waals surface area contributed by atoms with Crippen LogP contribution in [0.2, 0.25) is 0 Å². The highest BCUT2D eigenvalue weighted by Crippen LogP contribution is 2.21. The summed E-state index contributed by atoms with van der Waals surface area (Å²) in [5.41, 5.74) is 8.75. The number of anilines is 1. The average Bonchev–Trinajstić information content (AvgIpc) is 3.00. The first kappa shape index (κ1) is 16.4. The van der Waals surface area contributed by atoms with E-state index < -0.39 is 9.84 Å². The van der Waals surface area contributed by atoms with Gasteiger partial charge in [0.25, 0.3) is 0 Å². The van der Waals surface area contributed by atoms with E-state index in [0.717, 1.165) is 22.2 Å². The van der Waals surface area contributed by atoms with E-state index in [4.69, 9.17) is 5.73 Å². The van der Waals surface area contributed by atoms with Gasteiger partial charge in [-0.2, -0.15) is 0 Å². The molecule has 0 unspecified atom stereocenters. The lowest BCUT2D eigenvalue weighted by Gasteiger charge is -2.06. The molecule has 0 aliphatic heterocycles. The second-order valence-electron chi connectivity index (χ2n) is 5.69. The summed E-state index contributed by atoms with van der Waals surface area (Å²) in [4.78, 5) is 8.21. The molecule has 3 aromatic rings. The van der Waals surface area contributed by atoms with Crippen molar-refractivity contribution < 1.29 is 8.42 Å². The van der Waals surface area contributed by atoms with E-state index in [1.165, 1.54) is 12.6 Å². The number of hydrogen-bond acceptors (Lipinski definition) is 6. The van der Waals surface area contributed by atoms with Crippen molar-refractivity contribution in [2.75, 3.05) is 24.3 Å². The lowest BCUT2D eigenvalue weighted by atomic mass is 10.2. The van der Waals surface area contributed by atoms with Crippen molar-refractivity contribution in [3.8, 4) is 5.69 Å². The Balaban J connectivity index is 1.72. The number of nitrogens with zero attached hydrogens (tertiary/aromatic N) is 3. The van der Waals surface area contributed by atoms with Crippen LogP contribution in [0.25, 0.3) is 16.6 Å². The number of nitrogens with two attached hydrogens (primary N) is 1. The van der Waals surface area contributed by atoms with E-state index in [1.807, 2.05) is 41.2 Å². The zero-order chi connectivity index (χ0) is 17.2. The number of hydrogen-bond donors (Lipinski definition) is 2. The van der Waals surface area contributed by atoms with Crippen molar-refractivity contribution in [3.63, 3.8) is 0 Å². The molecule has 0 fully saturated rings. The van der Waals surface area contributed by atoms with Crippen LogP contribution in [-0.2, 0) is 16.4 Å². The quantitative estimate of drug-likeness (QED) is 0.649. The highest BCUT2D eigenvalue weighted by Gasteiger charge is 2.05. The molecular weight excluding hydrogens is 326 g/mol. The van der Waals surface area contributed by atoms with E-state index in [1.54, 1.807) is 0 Å². The van der Waals surface area contributed by atoms with E-state index in [2.05, 4.69) is 15.3 Å². The SMILES string of the molecule is CS(=O)(=O)CCNCc1ccn(-c2ccc3ncnc(N)c3c2)c1. The summed E-state index contributed by atoms with van der Waals surface area (Å²) in [5, 5.41) is 3.95. The highest BCUT2D eigenvalue weighted by atomic mass is 32.2.